The van der Waals surface area contributed by atoms with Crippen molar-refractivity contribution in [1.29, 1.82) is 0 Å². The average molecular weight is 319 g/mol. The van der Waals surface area contributed by atoms with Crippen LogP contribution in [0.1, 0.15) is 25.3 Å². The molecular formula is C18H17N5O. The molecule has 3 aromatic heterocycles. The summed E-state index contributed by atoms with van der Waals surface area (Å²) in [5, 5.41) is 4.45. The topological polar surface area (TPSA) is 82.2 Å². The van der Waals surface area contributed by atoms with Crippen molar-refractivity contribution >= 4 is 11.5 Å². The van der Waals surface area contributed by atoms with Gasteiger partial charge in [0.25, 0.3) is 0 Å². The largest absolute Gasteiger partial charge is 0.461 e. The number of rotatable bonds is 3. The molecule has 0 fully saturated rings. The number of nitrogens with two attached hydrogens (primary N) is 1. The predicted molar refractivity (Wildman–Crippen MR) is 92.4 cm³/mol. The van der Waals surface area contributed by atoms with Crippen LogP contribution in [0.25, 0.3) is 28.5 Å². The first-order valence-corrected chi connectivity index (χ1v) is 7.79. The fourth-order valence-corrected chi connectivity index (χ4v) is 2.62. The minimum atomic E-state index is 0.341. The number of aromatic nitrogens is 4. The van der Waals surface area contributed by atoms with Crippen LogP contribution in [-0.2, 0) is 0 Å². The van der Waals surface area contributed by atoms with Crippen LogP contribution < -0.4 is 5.73 Å². The van der Waals surface area contributed by atoms with E-state index >= 15 is 0 Å². The van der Waals surface area contributed by atoms with E-state index in [-0.39, 0.29) is 0 Å². The molecule has 0 bridgehead atoms. The molecule has 120 valence electrons. The maximum absolute atomic E-state index is 6.09. The van der Waals surface area contributed by atoms with Gasteiger partial charge in [0.15, 0.2) is 17.2 Å². The van der Waals surface area contributed by atoms with Crippen LogP contribution in [0.5, 0.6) is 0 Å². The molecule has 0 aliphatic carbocycles. The number of hydrogen-bond acceptors (Lipinski definition) is 5. The summed E-state index contributed by atoms with van der Waals surface area (Å²) in [4.78, 5) is 8.90. The predicted octanol–water partition coefficient (Wildman–Crippen LogP) is 3.76. The Labute approximate surface area is 139 Å². The number of furan rings is 1. The van der Waals surface area contributed by atoms with Crippen LogP contribution in [0, 0.1) is 0 Å². The minimum absolute atomic E-state index is 0.341. The first kappa shape index (κ1) is 14.4. The second kappa shape index (κ2) is 5.49. The van der Waals surface area contributed by atoms with Gasteiger partial charge >= 0.3 is 0 Å². The highest BCUT2D eigenvalue weighted by Crippen LogP contribution is 2.25. The summed E-state index contributed by atoms with van der Waals surface area (Å²) in [5.41, 5.74) is 9.63. The van der Waals surface area contributed by atoms with Gasteiger partial charge in [0, 0.05) is 5.56 Å². The number of anilines is 1. The summed E-state index contributed by atoms with van der Waals surface area (Å²) >= 11 is 0. The molecule has 3 heterocycles. The van der Waals surface area contributed by atoms with E-state index in [0.29, 0.717) is 29.0 Å². The quantitative estimate of drug-likeness (QED) is 0.622. The van der Waals surface area contributed by atoms with E-state index in [0.717, 1.165) is 11.3 Å². The Kier molecular flexibility index (Phi) is 3.30. The van der Waals surface area contributed by atoms with Gasteiger partial charge in [0.05, 0.1) is 18.2 Å². The van der Waals surface area contributed by atoms with Crippen LogP contribution in [0.4, 0.5) is 5.82 Å². The Hall–Kier alpha value is -3.15. The van der Waals surface area contributed by atoms with Crippen molar-refractivity contribution in [2.75, 3.05) is 5.73 Å². The van der Waals surface area contributed by atoms with Gasteiger partial charge in [-0.05, 0) is 29.7 Å². The molecule has 0 aliphatic rings. The van der Waals surface area contributed by atoms with Crippen LogP contribution >= 0.6 is 0 Å². The lowest BCUT2D eigenvalue weighted by Gasteiger charge is -2.08. The zero-order valence-electron chi connectivity index (χ0n) is 13.5. The summed E-state index contributed by atoms with van der Waals surface area (Å²) in [6.45, 7) is 4.33. The maximum atomic E-state index is 6.09. The molecule has 0 aliphatic heterocycles. The molecule has 0 spiro atoms. The monoisotopic (exact) mass is 319 g/mol. The summed E-state index contributed by atoms with van der Waals surface area (Å²) in [6.07, 6.45) is 3.43. The molecule has 0 radical (unpaired) electrons. The summed E-state index contributed by atoms with van der Waals surface area (Å²) in [5.74, 6) is 1.87. The first-order chi connectivity index (χ1) is 11.6. The van der Waals surface area contributed by atoms with Gasteiger partial charge in [0.2, 0.25) is 5.82 Å². The molecule has 0 saturated heterocycles. The SMILES string of the molecule is CC(C)c1cccc(-c2cn3nc(-c4ccco4)nc3c(N)n2)c1. The Morgan fingerprint density at radius 1 is 1.12 bits per heavy atom. The number of nitrogen functional groups attached to an aromatic ring is 1. The average Bonchev–Trinajstić information content (AvgIpc) is 3.24. The maximum Gasteiger partial charge on any atom is 0.218 e. The van der Waals surface area contributed by atoms with E-state index in [1.807, 2.05) is 24.4 Å². The van der Waals surface area contributed by atoms with Crippen molar-refractivity contribution in [1.82, 2.24) is 19.6 Å². The van der Waals surface area contributed by atoms with E-state index in [9.17, 15) is 0 Å². The van der Waals surface area contributed by atoms with E-state index in [2.05, 4.69) is 41.0 Å². The smallest absolute Gasteiger partial charge is 0.218 e. The second-order valence-corrected chi connectivity index (χ2v) is 5.97. The molecule has 0 amide bonds. The van der Waals surface area contributed by atoms with Crippen molar-refractivity contribution in [2.24, 2.45) is 0 Å². The van der Waals surface area contributed by atoms with Gasteiger partial charge in [-0.2, -0.15) is 0 Å². The van der Waals surface area contributed by atoms with Crippen molar-refractivity contribution in [3.63, 3.8) is 0 Å². The van der Waals surface area contributed by atoms with Gasteiger partial charge < -0.3 is 10.2 Å². The lowest BCUT2D eigenvalue weighted by atomic mass is 10.00. The van der Waals surface area contributed by atoms with Gasteiger partial charge in [0.1, 0.15) is 0 Å². The molecule has 24 heavy (non-hydrogen) atoms. The zero-order chi connectivity index (χ0) is 16.7. The molecule has 2 N–H and O–H groups in total. The molecule has 0 saturated carbocycles. The third kappa shape index (κ3) is 2.42. The van der Waals surface area contributed by atoms with E-state index in [1.165, 1.54) is 5.56 Å². The fourth-order valence-electron chi connectivity index (χ4n) is 2.62. The van der Waals surface area contributed by atoms with Crippen molar-refractivity contribution in [3.05, 3.63) is 54.4 Å². The first-order valence-electron chi connectivity index (χ1n) is 7.79. The van der Waals surface area contributed by atoms with Crippen molar-refractivity contribution < 1.29 is 4.42 Å². The van der Waals surface area contributed by atoms with Crippen LogP contribution in [-0.4, -0.2) is 19.6 Å². The summed E-state index contributed by atoms with van der Waals surface area (Å²) in [6, 6.07) is 11.9. The number of benzene rings is 1. The molecule has 0 atom stereocenters. The van der Waals surface area contributed by atoms with Gasteiger partial charge in [-0.1, -0.05) is 32.0 Å². The normalized spacial score (nSPS) is 11.5. The lowest BCUT2D eigenvalue weighted by molar-refractivity contribution is 0.577. The van der Waals surface area contributed by atoms with Gasteiger partial charge in [-0.25, -0.2) is 14.5 Å². The third-order valence-corrected chi connectivity index (χ3v) is 3.94. The molecule has 4 rings (SSSR count). The molecular weight excluding hydrogens is 302 g/mol. The second-order valence-electron chi connectivity index (χ2n) is 5.97. The van der Waals surface area contributed by atoms with E-state index < -0.39 is 0 Å². The molecule has 6 nitrogen and oxygen atoms in total. The summed E-state index contributed by atoms with van der Waals surface area (Å²) in [7, 11) is 0. The highest BCUT2D eigenvalue weighted by atomic mass is 16.3. The van der Waals surface area contributed by atoms with Crippen molar-refractivity contribution in [3.8, 4) is 22.8 Å². The Balaban J connectivity index is 1.84. The van der Waals surface area contributed by atoms with Crippen molar-refractivity contribution in [2.45, 2.75) is 19.8 Å². The molecule has 4 aromatic rings. The Bertz CT molecular complexity index is 1000. The molecule has 6 heteroatoms. The lowest BCUT2D eigenvalue weighted by Crippen LogP contribution is -2.00. The van der Waals surface area contributed by atoms with Gasteiger partial charge in [-0.3, -0.25) is 0 Å². The zero-order valence-corrected chi connectivity index (χ0v) is 13.5. The minimum Gasteiger partial charge on any atom is -0.461 e. The van der Waals surface area contributed by atoms with Crippen LogP contribution in [0.3, 0.4) is 0 Å². The molecule has 0 unspecified atom stereocenters. The number of fused-ring (bicyclic) bond motifs is 1. The standard InChI is InChI=1S/C18H17N5O/c1-11(2)12-5-3-6-13(9-12)14-10-23-18(16(19)20-14)21-17(22-23)15-7-4-8-24-15/h3-11H,1-2H3,(H2,19,20). The Morgan fingerprint density at radius 3 is 2.75 bits per heavy atom. The van der Waals surface area contributed by atoms with Gasteiger partial charge in [-0.15, -0.1) is 5.10 Å². The van der Waals surface area contributed by atoms with Crippen LogP contribution in [0.2, 0.25) is 0 Å². The number of hydrogen-bond donors (Lipinski definition) is 1. The fraction of sp³-hybridized carbons (Fsp3) is 0.167. The van der Waals surface area contributed by atoms with E-state index in [4.69, 9.17) is 10.2 Å². The van der Waals surface area contributed by atoms with Crippen LogP contribution in [0.15, 0.2) is 53.3 Å². The summed E-state index contributed by atoms with van der Waals surface area (Å²) < 4.78 is 7.00. The highest BCUT2D eigenvalue weighted by molar-refractivity contribution is 5.69. The Morgan fingerprint density at radius 2 is 2.00 bits per heavy atom. The third-order valence-electron chi connectivity index (χ3n) is 3.94. The molecule has 1 aromatic carbocycles. The highest BCUT2D eigenvalue weighted by Gasteiger charge is 2.14. The van der Waals surface area contributed by atoms with E-state index in [1.54, 1.807) is 16.8 Å². The number of nitrogens with zero attached hydrogens (tertiary/aromatic N) is 4.